The molecule has 5 nitrogen and oxygen atoms in total. The molecule has 0 spiro atoms. The minimum atomic E-state index is -0.494. The molecule has 1 aliphatic heterocycles. The predicted octanol–water partition coefficient (Wildman–Crippen LogP) is 4.28. The molecule has 0 aliphatic carbocycles. The van der Waals surface area contributed by atoms with Crippen LogP contribution in [0.1, 0.15) is 10.4 Å². The Hall–Kier alpha value is -2.57. The van der Waals surface area contributed by atoms with Crippen LogP contribution in [-0.4, -0.2) is 54.9 Å². The van der Waals surface area contributed by atoms with Gasteiger partial charge in [0.05, 0.1) is 17.7 Å². The Morgan fingerprint density at radius 2 is 1.72 bits per heavy atom. The van der Waals surface area contributed by atoms with E-state index in [4.69, 9.17) is 27.9 Å². The molecule has 0 aromatic heterocycles. The van der Waals surface area contributed by atoms with Gasteiger partial charge in [0, 0.05) is 42.3 Å². The van der Waals surface area contributed by atoms with E-state index in [0.29, 0.717) is 43.1 Å². The minimum absolute atomic E-state index is 0.172. The number of ether oxygens (including phenoxy) is 1. The quantitative estimate of drug-likeness (QED) is 0.672. The SMILES string of the molecule is C=CC(=O)N1CCN(C(=O)c2cc(OC)cc(Cl)c2-c2cc(F)ccc2Cl)CC1. The molecule has 29 heavy (non-hydrogen) atoms. The average Bonchev–Trinajstić information content (AvgIpc) is 2.74. The first-order valence-corrected chi connectivity index (χ1v) is 9.65. The second kappa shape index (κ2) is 8.84. The highest BCUT2D eigenvalue weighted by molar-refractivity contribution is 6.37. The summed E-state index contributed by atoms with van der Waals surface area (Å²) in [7, 11) is 1.47. The molecule has 2 aromatic carbocycles. The summed E-state index contributed by atoms with van der Waals surface area (Å²) in [4.78, 5) is 28.3. The molecule has 0 radical (unpaired) electrons. The van der Waals surface area contributed by atoms with Crippen LogP contribution in [0.5, 0.6) is 5.75 Å². The second-order valence-corrected chi connectivity index (χ2v) is 7.29. The molecule has 0 N–H and O–H groups in total. The maximum atomic E-state index is 13.9. The number of hydrogen-bond acceptors (Lipinski definition) is 3. The standard InChI is InChI=1S/C21H19Cl2FN2O3/c1-3-19(27)25-6-8-26(9-7-25)21(28)16-11-14(29-2)12-18(23)20(16)15-10-13(24)4-5-17(15)22/h3-5,10-12H,1,6-9H2,2H3. The van der Waals surface area contributed by atoms with Gasteiger partial charge in [-0.05, 0) is 36.4 Å². The van der Waals surface area contributed by atoms with E-state index in [2.05, 4.69) is 6.58 Å². The van der Waals surface area contributed by atoms with Gasteiger partial charge in [-0.25, -0.2) is 4.39 Å². The summed E-state index contributed by atoms with van der Waals surface area (Å²) < 4.78 is 19.1. The zero-order valence-electron chi connectivity index (χ0n) is 15.8. The van der Waals surface area contributed by atoms with Crippen molar-refractivity contribution in [2.45, 2.75) is 0 Å². The van der Waals surface area contributed by atoms with Crippen molar-refractivity contribution in [2.24, 2.45) is 0 Å². The van der Waals surface area contributed by atoms with Gasteiger partial charge in [-0.1, -0.05) is 29.8 Å². The van der Waals surface area contributed by atoms with Gasteiger partial charge >= 0.3 is 0 Å². The molecule has 152 valence electrons. The summed E-state index contributed by atoms with van der Waals surface area (Å²) in [5, 5.41) is 0.495. The highest BCUT2D eigenvalue weighted by atomic mass is 35.5. The van der Waals surface area contributed by atoms with Crippen molar-refractivity contribution >= 4 is 35.0 Å². The molecule has 0 saturated carbocycles. The van der Waals surface area contributed by atoms with Gasteiger partial charge in [-0.15, -0.1) is 0 Å². The Morgan fingerprint density at radius 3 is 2.34 bits per heavy atom. The van der Waals surface area contributed by atoms with Gasteiger partial charge in [0.25, 0.3) is 5.91 Å². The smallest absolute Gasteiger partial charge is 0.254 e. The van der Waals surface area contributed by atoms with Gasteiger partial charge in [0.1, 0.15) is 11.6 Å². The summed E-state index contributed by atoms with van der Waals surface area (Å²) in [5.74, 6) is -0.568. The normalized spacial score (nSPS) is 13.9. The van der Waals surface area contributed by atoms with Crippen LogP contribution in [0.2, 0.25) is 10.0 Å². The molecule has 0 bridgehead atoms. The van der Waals surface area contributed by atoms with E-state index < -0.39 is 5.82 Å². The number of carbonyl (C=O) groups excluding carboxylic acids is 2. The molecule has 2 aromatic rings. The monoisotopic (exact) mass is 436 g/mol. The second-order valence-electron chi connectivity index (χ2n) is 6.48. The zero-order chi connectivity index (χ0) is 21.1. The molecule has 1 saturated heterocycles. The van der Waals surface area contributed by atoms with E-state index in [-0.39, 0.29) is 27.4 Å². The fourth-order valence-corrected chi connectivity index (χ4v) is 3.78. The predicted molar refractivity (Wildman–Crippen MR) is 111 cm³/mol. The lowest BCUT2D eigenvalue weighted by Gasteiger charge is -2.34. The number of piperazine rings is 1. The van der Waals surface area contributed by atoms with Gasteiger partial charge in [-0.2, -0.15) is 0 Å². The fraction of sp³-hybridized carbons (Fsp3) is 0.238. The Bertz CT molecular complexity index is 973. The number of methoxy groups -OCH3 is 1. The summed E-state index contributed by atoms with van der Waals surface area (Å²) in [6, 6.07) is 7.01. The number of hydrogen-bond donors (Lipinski definition) is 0. The topological polar surface area (TPSA) is 49.9 Å². The molecular formula is C21H19Cl2FN2O3. The van der Waals surface area contributed by atoms with Gasteiger partial charge in [0.2, 0.25) is 5.91 Å². The first kappa shape index (κ1) is 21.1. The summed E-state index contributed by atoms with van der Waals surface area (Å²) >= 11 is 12.7. The Kier molecular flexibility index (Phi) is 6.45. The number of rotatable bonds is 4. The van der Waals surface area contributed by atoms with Crippen LogP contribution in [0.4, 0.5) is 4.39 Å². The number of nitrogens with zero attached hydrogens (tertiary/aromatic N) is 2. The molecule has 3 rings (SSSR count). The van der Waals surface area contributed by atoms with E-state index in [9.17, 15) is 14.0 Å². The van der Waals surface area contributed by atoms with Crippen molar-refractivity contribution in [3.8, 4) is 16.9 Å². The summed E-state index contributed by atoms with van der Waals surface area (Å²) in [5.41, 5.74) is 0.917. The van der Waals surface area contributed by atoms with Crippen LogP contribution in [0.15, 0.2) is 43.0 Å². The third-order valence-corrected chi connectivity index (χ3v) is 5.41. The maximum absolute atomic E-state index is 13.9. The number of carbonyl (C=O) groups is 2. The Balaban J connectivity index is 2.01. The van der Waals surface area contributed by atoms with E-state index in [0.717, 1.165) is 0 Å². The van der Waals surface area contributed by atoms with Crippen LogP contribution in [0, 0.1) is 5.82 Å². The molecular weight excluding hydrogens is 418 g/mol. The zero-order valence-corrected chi connectivity index (χ0v) is 17.3. The lowest BCUT2D eigenvalue weighted by molar-refractivity contribution is -0.127. The highest BCUT2D eigenvalue weighted by Gasteiger charge is 2.28. The molecule has 2 amide bonds. The first-order valence-electron chi connectivity index (χ1n) is 8.89. The highest BCUT2D eigenvalue weighted by Crippen LogP contribution is 2.39. The molecule has 1 fully saturated rings. The Morgan fingerprint density at radius 1 is 1.07 bits per heavy atom. The van der Waals surface area contributed by atoms with E-state index in [1.165, 1.54) is 31.4 Å². The van der Waals surface area contributed by atoms with Gasteiger partial charge < -0.3 is 14.5 Å². The van der Waals surface area contributed by atoms with E-state index in [1.54, 1.807) is 21.9 Å². The summed E-state index contributed by atoms with van der Waals surface area (Å²) in [6.45, 7) is 4.97. The van der Waals surface area contributed by atoms with Crippen LogP contribution >= 0.6 is 23.2 Å². The van der Waals surface area contributed by atoms with Crippen molar-refractivity contribution in [2.75, 3.05) is 33.3 Å². The maximum Gasteiger partial charge on any atom is 0.254 e. The van der Waals surface area contributed by atoms with Crippen LogP contribution in [0.25, 0.3) is 11.1 Å². The average molecular weight is 437 g/mol. The first-order chi connectivity index (χ1) is 13.8. The molecule has 0 atom stereocenters. The van der Waals surface area contributed by atoms with E-state index in [1.807, 2.05) is 0 Å². The van der Waals surface area contributed by atoms with Crippen molar-refractivity contribution in [3.05, 3.63) is 64.4 Å². The molecule has 8 heteroatoms. The van der Waals surface area contributed by atoms with Crippen molar-refractivity contribution in [1.82, 2.24) is 9.80 Å². The van der Waals surface area contributed by atoms with Crippen molar-refractivity contribution < 1.29 is 18.7 Å². The number of halogens is 3. The minimum Gasteiger partial charge on any atom is -0.497 e. The van der Waals surface area contributed by atoms with Crippen LogP contribution in [-0.2, 0) is 4.79 Å². The summed E-state index contributed by atoms with van der Waals surface area (Å²) in [6.07, 6.45) is 1.25. The molecule has 0 unspecified atom stereocenters. The molecule has 1 heterocycles. The van der Waals surface area contributed by atoms with Gasteiger partial charge in [0.15, 0.2) is 0 Å². The largest absolute Gasteiger partial charge is 0.497 e. The van der Waals surface area contributed by atoms with Crippen LogP contribution in [0.3, 0.4) is 0 Å². The third-order valence-electron chi connectivity index (χ3n) is 4.78. The third kappa shape index (κ3) is 4.38. The van der Waals surface area contributed by atoms with Crippen LogP contribution < -0.4 is 4.74 Å². The van der Waals surface area contributed by atoms with Gasteiger partial charge in [-0.3, -0.25) is 9.59 Å². The number of benzene rings is 2. The van der Waals surface area contributed by atoms with Crippen molar-refractivity contribution in [1.29, 1.82) is 0 Å². The molecule has 1 aliphatic rings. The lowest BCUT2D eigenvalue weighted by Crippen LogP contribution is -2.50. The van der Waals surface area contributed by atoms with E-state index >= 15 is 0 Å². The van der Waals surface area contributed by atoms with Crippen molar-refractivity contribution in [3.63, 3.8) is 0 Å². The number of amides is 2. The fourth-order valence-electron chi connectivity index (χ4n) is 3.26. The lowest BCUT2D eigenvalue weighted by atomic mass is 9.97. The Labute approximate surface area is 178 Å².